The Morgan fingerprint density at radius 2 is 1.83 bits per heavy atom. The van der Waals surface area contributed by atoms with Gasteiger partial charge < -0.3 is 0 Å². The summed E-state index contributed by atoms with van der Waals surface area (Å²) in [7, 11) is 0. The highest BCUT2D eigenvalue weighted by Gasteiger charge is 1.84. The first-order valence-electron chi connectivity index (χ1n) is 4.19. The highest BCUT2D eigenvalue weighted by atomic mass is 13.9. The number of benzene rings is 1. The molecule has 1 rings (SSSR count). The highest BCUT2D eigenvalue weighted by molar-refractivity contribution is 5.54. The van der Waals surface area contributed by atoms with Crippen LogP contribution in [0.5, 0.6) is 0 Å². The van der Waals surface area contributed by atoms with E-state index in [0.29, 0.717) is 0 Å². The minimum Gasteiger partial charge on any atom is -0.0874 e. The van der Waals surface area contributed by atoms with Gasteiger partial charge in [-0.3, -0.25) is 0 Å². The Hall–Kier alpha value is -1.30. The molecule has 0 spiro atoms. The first-order valence-corrected chi connectivity index (χ1v) is 4.19. The van der Waals surface area contributed by atoms with Gasteiger partial charge in [0, 0.05) is 0 Å². The zero-order valence-corrected chi connectivity index (χ0v) is 7.62. The van der Waals surface area contributed by atoms with Crippen LogP contribution < -0.4 is 0 Å². The van der Waals surface area contributed by atoms with Gasteiger partial charge in [-0.05, 0) is 19.4 Å². The molecular weight excluding hydrogens is 144 g/mol. The molecule has 1 aromatic carbocycles. The van der Waals surface area contributed by atoms with Gasteiger partial charge in [-0.2, -0.15) is 0 Å². The Kier molecular flexibility index (Phi) is 3.34. The first-order chi connectivity index (χ1) is 5.83. The molecule has 0 aliphatic rings. The predicted molar refractivity (Wildman–Crippen MR) is 54.9 cm³/mol. The van der Waals surface area contributed by atoms with Crippen LogP contribution >= 0.6 is 0 Å². The van der Waals surface area contributed by atoms with E-state index in [1.54, 1.807) is 0 Å². The molecule has 12 heavy (non-hydrogen) atoms. The van der Waals surface area contributed by atoms with Crippen LogP contribution in [0.3, 0.4) is 0 Å². The normalized spacial score (nSPS) is 12.3. The van der Waals surface area contributed by atoms with Gasteiger partial charge in [0.05, 0.1) is 0 Å². The molecule has 62 valence electrons. The average Bonchev–Trinajstić information content (AvgIpc) is 2.06. The first kappa shape index (κ1) is 8.79. The van der Waals surface area contributed by atoms with Crippen LogP contribution in [0.15, 0.2) is 48.1 Å². The van der Waals surface area contributed by atoms with Gasteiger partial charge in [0.15, 0.2) is 0 Å². The smallest absolute Gasteiger partial charge is 0.0254 e. The summed E-state index contributed by atoms with van der Waals surface area (Å²) in [6, 6.07) is 10.3. The van der Waals surface area contributed by atoms with Crippen LogP contribution in [-0.2, 0) is 0 Å². The number of rotatable bonds is 2. The third-order valence-electron chi connectivity index (χ3n) is 1.62. The lowest BCUT2D eigenvalue weighted by molar-refractivity contribution is 1.52. The van der Waals surface area contributed by atoms with Gasteiger partial charge in [0.1, 0.15) is 0 Å². The van der Waals surface area contributed by atoms with Gasteiger partial charge in [-0.1, -0.05) is 54.1 Å². The van der Waals surface area contributed by atoms with Crippen molar-refractivity contribution in [1.29, 1.82) is 0 Å². The Labute approximate surface area is 74.2 Å². The van der Waals surface area contributed by atoms with Crippen molar-refractivity contribution in [3.63, 3.8) is 0 Å². The lowest BCUT2D eigenvalue weighted by Crippen LogP contribution is -1.71. The van der Waals surface area contributed by atoms with Gasteiger partial charge in [-0.15, -0.1) is 0 Å². The molecule has 0 aliphatic heterocycles. The minimum atomic E-state index is 1.26. The summed E-state index contributed by atoms with van der Waals surface area (Å²) in [5.41, 5.74) is 2.54. The maximum absolute atomic E-state index is 2.17. The average molecular weight is 158 g/mol. The van der Waals surface area contributed by atoms with Crippen molar-refractivity contribution in [1.82, 2.24) is 0 Å². The summed E-state index contributed by atoms with van der Waals surface area (Å²) in [6.45, 7) is 4.13. The maximum atomic E-state index is 2.17. The fourth-order valence-corrected chi connectivity index (χ4v) is 1.12. The predicted octanol–water partition coefficient (Wildman–Crippen LogP) is 3.67. The molecule has 0 nitrogen and oxygen atoms in total. The topological polar surface area (TPSA) is 0 Å². The van der Waals surface area contributed by atoms with E-state index in [-0.39, 0.29) is 0 Å². The van der Waals surface area contributed by atoms with Crippen LogP contribution in [0, 0.1) is 0 Å². The summed E-state index contributed by atoms with van der Waals surface area (Å²) >= 11 is 0. The van der Waals surface area contributed by atoms with E-state index in [2.05, 4.69) is 49.4 Å². The molecule has 0 atom stereocenters. The summed E-state index contributed by atoms with van der Waals surface area (Å²) in [5.74, 6) is 0. The largest absolute Gasteiger partial charge is 0.0874 e. The van der Waals surface area contributed by atoms with E-state index in [4.69, 9.17) is 0 Å². The maximum Gasteiger partial charge on any atom is -0.0254 e. The van der Waals surface area contributed by atoms with Crippen LogP contribution in [0.2, 0.25) is 0 Å². The van der Waals surface area contributed by atoms with Crippen LogP contribution in [0.4, 0.5) is 0 Å². The number of hydrogen-bond acceptors (Lipinski definition) is 0. The number of hydrogen-bond donors (Lipinski definition) is 0. The zero-order chi connectivity index (χ0) is 8.81. The Morgan fingerprint density at radius 3 is 2.42 bits per heavy atom. The molecule has 0 radical (unpaired) electrons. The van der Waals surface area contributed by atoms with E-state index in [9.17, 15) is 0 Å². The Bertz CT molecular complexity index is 278. The summed E-state index contributed by atoms with van der Waals surface area (Å²) in [5, 5.41) is 0. The van der Waals surface area contributed by atoms with Crippen molar-refractivity contribution in [2.75, 3.05) is 0 Å². The summed E-state index contributed by atoms with van der Waals surface area (Å²) in [6.07, 6.45) is 6.32. The fourth-order valence-electron chi connectivity index (χ4n) is 1.12. The fraction of sp³-hybridized carbons (Fsp3) is 0.167. The van der Waals surface area contributed by atoms with E-state index >= 15 is 0 Å². The molecule has 0 bridgehead atoms. The van der Waals surface area contributed by atoms with E-state index < -0.39 is 0 Å². The SMILES string of the molecule is CC=CC(C)=Cc1ccccc1. The van der Waals surface area contributed by atoms with Crippen LogP contribution in [0.25, 0.3) is 6.08 Å². The minimum absolute atomic E-state index is 1.26. The third kappa shape index (κ3) is 2.75. The zero-order valence-electron chi connectivity index (χ0n) is 7.62. The summed E-state index contributed by atoms with van der Waals surface area (Å²) < 4.78 is 0. The Balaban J connectivity index is 2.81. The molecule has 0 unspecified atom stereocenters. The second kappa shape index (κ2) is 4.55. The van der Waals surface area contributed by atoms with E-state index in [0.717, 1.165) is 0 Å². The van der Waals surface area contributed by atoms with Crippen LogP contribution in [-0.4, -0.2) is 0 Å². The van der Waals surface area contributed by atoms with E-state index in [1.807, 2.05) is 13.0 Å². The molecule has 0 fully saturated rings. The summed E-state index contributed by atoms with van der Waals surface area (Å²) in [4.78, 5) is 0. The Morgan fingerprint density at radius 1 is 1.17 bits per heavy atom. The van der Waals surface area contributed by atoms with Gasteiger partial charge in [-0.25, -0.2) is 0 Å². The lowest BCUT2D eigenvalue weighted by Gasteiger charge is -1.93. The monoisotopic (exact) mass is 158 g/mol. The standard InChI is InChI=1S/C12H14/c1-3-7-11(2)10-12-8-5-4-6-9-12/h3-10H,1-2H3. The molecule has 0 heterocycles. The van der Waals surface area contributed by atoms with Gasteiger partial charge in [0.25, 0.3) is 0 Å². The quantitative estimate of drug-likeness (QED) is 0.576. The van der Waals surface area contributed by atoms with Crippen molar-refractivity contribution in [2.45, 2.75) is 13.8 Å². The van der Waals surface area contributed by atoms with E-state index in [1.165, 1.54) is 11.1 Å². The van der Waals surface area contributed by atoms with Crippen molar-refractivity contribution in [3.8, 4) is 0 Å². The van der Waals surface area contributed by atoms with Crippen molar-refractivity contribution < 1.29 is 0 Å². The van der Waals surface area contributed by atoms with Crippen molar-refractivity contribution in [3.05, 3.63) is 53.6 Å². The molecule has 0 saturated heterocycles. The molecule has 0 amide bonds. The van der Waals surface area contributed by atoms with Gasteiger partial charge in [0.2, 0.25) is 0 Å². The molecule has 1 aromatic rings. The molecule has 0 aliphatic carbocycles. The van der Waals surface area contributed by atoms with Gasteiger partial charge >= 0.3 is 0 Å². The van der Waals surface area contributed by atoms with Crippen LogP contribution in [0.1, 0.15) is 19.4 Å². The highest BCUT2D eigenvalue weighted by Crippen LogP contribution is 2.06. The molecule has 0 saturated carbocycles. The molecular formula is C12H14. The lowest BCUT2D eigenvalue weighted by atomic mass is 10.1. The number of allylic oxidation sites excluding steroid dienone is 3. The second-order valence-electron chi connectivity index (χ2n) is 2.80. The third-order valence-corrected chi connectivity index (χ3v) is 1.62. The molecule has 0 N–H and O–H groups in total. The second-order valence-corrected chi connectivity index (χ2v) is 2.80. The van der Waals surface area contributed by atoms with Crippen molar-refractivity contribution in [2.24, 2.45) is 0 Å². The molecule has 0 heteroatoms. The van der Waals surface area contributed by atoms with Crippen molar-refractivity contribution >= 4 is 6.08 Å². The molecule has 0 aromatic heterocycles.